The summed E-state index contributed by atoms with van der Waals surface area (Å²) in [4.78, 5) is 0.374. The van der Waals surface area contributed by atoms with Gasteiger partial charge in [-0.15, -0.1) is 0 Å². The zero-order valence-electron chi connectivity index (χ0n) is 12.8. The van der Waals surface area contributed by atoms with Crippen molar-refractivity contribution in [3.63, 3.8) is 0 Å². The van der Waals surface area contributed by atoms with Crippen LogP contribution in [-0.4, -0.2) is 35.6 Å². The SMILES string of the molecule is CC1=CCN(S(=O)(=O)c2c(C)nn(C(C)C)c2C)CC1. The lowest BCUT2D eigenvalue weighted by molar-refractivity contribution is 0.430. The fourth-order valence-corrected chi connectivity index (χ4v) is 4.37. The van der Waals surface area contributed by atoms with Crippen LogP contribution < -0.4 is 0 Å². The van der Waals surface area contributed by atoms with Crippen LogP contribution in [0, 0.1) is 13.8 Å². The van der Waals surface area contributed by atoms with Crippen LogP contribution in [-0.2, 0) is 10.0 Å². The molecule has 0 fully saturated rings. The molecular formula is C14H23N3O2S. The lowest BCUT2D eigenvalue weighted by Crippen LogP contribution is -2.35. The number of rotatable bonds is 3. The summed E-state index contributed by atoms with van der Waals surface area (Å²) >= 11 is 0. The van der Waals surface area contributed by atoms with Gasteiger partial charge < -0.3 is 0 Å². The monoisotopic (exact) mass is 297 g/mol. The standard InChI is InChI=1S/C14H23N3O2S/c1-10(2)17-13(5)14(12(4)15-17)20(18,19)16-8-6-11(3)7-9-16/h6,10H,7-9H2,1-5H3. The van der Waals surface area contributed by atoms with Gasteiger partial charge in [0.2, 0.25) is 10.0 Å². The van der Waals surface area contributed by atoms with E-state index in [1.807, 2.05) is 33.8 Å². The van der Waals surface area contributed by atoms with Crippen molar-refractivity contribution in [3.05, 3.63) is 23.0 Å². The number of sulfonamides is 1. The van der Waals surface area contributed by atoms with Gasteiger partial charge >= 0.3 is 0 Å². The van der Waals surface area contributed by atoms with Crippen molar-refractivity contribution in [2.75, 3.05) is 13.1 Å². The second-order valence-electron chi connectivity index (χ2n) is 5.70. The molecule has 1 aromatic rings. The molecule has 2 heterocycles. The van der Waals surface area contributed by atoms with E-state index in [9.17, 15) is 8.42 Å². The molecule has 0 spiro atoms. The van der Waals surface area contributed by atoms with Gasteiger partial charge in [-0.05, 0) is 41.0 Å². The zero-order valence-corrected chi connectivity index (χ0v) is 13.7. The summed E-state index contributed by atoms with van der Waals surface area (Å²) in [5, 5.41) is 4.38. The van der Waals surface area contributed by atoms with E-state index >= 15 is 0 Å². The van der Waals surface area contributed by atoms with E-state index in [0.29, 0.717) is 23.7 Å². The van der Waals surface area contributed by atoms with Crippen LogP contribution in [0.25, 0.3) is 0 Å². The maximum atomic E-state index is 12.8. The molecule has 5 nitrogen and oxygen atoms in total. The third-order valence-corrected chi connectivity index (χ3v) is 5.86. The third kappa shape index (κ3) is 2.54. The second kappa shape index (κ2) is 5.33. The Balaban J connectivity index is 2.45. The number of hydrogen-bond donors (Lipinski definition) is 0. The van der Waals surface area contributed by atoms with Crippen molar-refractivity contribution in [1.29, 1.82) is 0 Å². The summed E-state index contributed by atoms with van der Waals surface area (Å²) in [5.74, 6) is 0. The lowest BCUT2D eigenvalue weighted by atomic mass is 10.1. The smallest absolute Gasteiger partial charge is 0.247 e. The van der Waals surface area contributed by atoms with Crippen molar-refractivity contribution >= 4 is 10.0 Å². The summed E-state index contributed by atoms with van der Waals surface area (Å²) in [5.41, 5.74) is 2.56. The molecule has 6 heteroatoms. The predicted molar refractivity (Wildman–Crippen MR) is 79.2 cm³/mol. The Hall–Kier alpha value is -1.14. The van der Waals surface area contributed by atoms with Crippen molar-refractivity contribution in [2.24, 2.45) is 0 Å². The Morgan fingerprint density at radius 2 is 1.90 bits per heavy atom. The van der Waals surface area contributed by atoms with Gasteiger partial charge in [0.25, 0.3) is 0 Å². The van der Waals surface area contributed by atoms with Gasteiger partial charge in [-0.2, -0.15) is 9.40 Å². The predicted octanol–water partition coefficient (Wildman–Crippen LogP) is 2.42. The zero-order chi connectivity index (χ0) is 15.1. The molecule has 0 aliphatic carbocycles. The third-order valence-electron chi connectivity index (χ3n) is 3.74. The van der Waals surface area contributed by atoms with Gasteiger partial charge in [0.1, 0.15) is 4.90 Å². The topological polar surface area (TPSA) is 55.2 Å². The van der Waals surface area contributed by atoms with E-state index in [1.54, 1.807) is 15.9 Å². The van der Waals surface area contributed by atoms with Crippen LogP contribution in [0.3, 0.4) is 0 Å². The highest BCUT2D eigenvalue weighted by molar-refractivity contribution is 7.89. The van der Waals surface area contributed by atoms with Crippen molar-refractivity contribution < 1.29 is 8.42 Å². The molecule has 0 N–H and O–H groups in total. The Morgan fingerprint density at radius 3 is 2.35 bits per heavy atom. The minimum Gasteiger partial charge on any atom is -0.266 e. The van der Waals surface area contributed by atoms with Crippen LogP contribution in [0.15, 0.2) is 16.5 Å². The first-order chi connectivity index (χ1) is 9.25. The van der Waals surface area contributed by atoms with Crippen LogP contribution >= 0.6 is 0 Å². The molecule has 0 saturated carbocycles. The van der Waals surface area contributed by atoms with Gasteiger partial charge in [-0.1, -0.05) is 11.6 Å². The Kier molecular flexibility index (Phi) is 4.07. The van der Waals surface area contributed by atoms with Gasteiger partial charge in [-0.3, -0.25) is 4.68 Å². The molecule has 0 amide bonds. The van der Waals surface area contributed by atoms with E-state index < -0.39 is 10.0 Å². The molecule has 1 aromatic heterocycles. The van der Waals surface area contributed by atoms with Crippen molar-refractivity contribution in [3.8, 4) is 0 Å². The average molecular weight is 297 g/mol. The molecule has 0 radical (unpaired) electrons. The van der Waals surface area contributed by atoms with E-state index in [1.165, 1.54) is 5.57 Å². The fourth-order valence-electron chi connectivity index (χ4n) is 2.62. The molecule has 1 aliphatic rings. The average Bonchev–Trinajstić information content (AvgIpc) is 2.66. The second-order valence-corrected chi connectivity index (χ2v) is 7.58. The highest BCUT2D eigenvalue weighted by atomic mass is 32.2. The van der Waals surface area contributed by atoms with E-state index in [-0.39, 0.29) is 6.04 Å². The number of aryl methyl sites for hydroxylation is 1. The molecule has 112 valence electrons. The molecule has 0 unspecified atom stereocenters. The van der Waals surface area contributed by atoms with Gasteiger partial charge in [0.15, 0.2) is 0 Å². The molecule has 0 saturated heterocycles. The van der Waals surface area contributed by atoms with Crippen LogP contribution in [0.4, 0.5) is 0 Å². The summed E-state index contributed by atoms with van der Waals surface area (Å²) in [6.45, 7) is 10.7. The fraction of sp³-hybridized carbons (Fsp3) is 0.643. The van der Waals surface area contributed by atoms with Gasteiger partial charge in [0, 0.05) is 19.1 Å². The van der Waals surface area contributed by atoms with E-state index in [2.05, 4.69) is 5.10 Å². The molecule has 1 aliphatic heterocycles. The maximum Gasteiger partial charge on any atom is 0.247 e. The molecule has 20 heavy (non-hydrogen) atoms. The minimum atomic E-state index is -3.45. The summed E-state index contributed by atoms with van der Waals surface area (Å²) in [7, 11) is -3.45. The van der Waals surface area contributed by atoms with E-state index in [0.717, 1.165) is 12.1 Å². The summed E-state index contributed by atoms with van der Waals surface area (Å²) in [6.07, 6.45) is 2.79. The van der Waals surface area contributed by atoms with Gasteiger partial charge in [-0.25, -0.2) is 8.42 Å². The number of nitrogens with zero attached hydrogens (tertiary/aromatic N) is 3. The van der Waals surface area contributed by atoms with Crippen molar-refractivity contribution in [2.45, 2.75) is 52.0 Å². The first-order valence-electron chi connectivity index (χ1n) is 6.96. The molecule has 2 rings (SSSR count). The van der Waals surface area contributed by atoms with E-state index in [4.69, 9.17) is 0 Å². The van der Waals surface area contributed by atoms with Crippen molar-refractivity contribution in [1.82, 2.24) is 14.1 Å². The molecule has 0 aromatic carbocycles. The van der Waals surface area contributed by atoms with Crippen LogP contribution in [0.2, 0.25) is 0 Å². The number of aromatic nitrogens is 2. The largest absolute Gasteiger partial charge is 0.266 e. The Bertz CT molecular complexity index is 642. The Morgan fingerprint density at radius 1 is 1.25 bits per heavy atom. The first-order valence-corrected chi connectivity index (χ1v) is 8.40. The number of hydrogen-bond acceptors (Lipinski definition) is 3. The molecule has 0 bridgehead atoms. The summed E-state index contributed by atoms with van der Waals surface area (Å²) in [6, 6.07) is 0.154. The molecule has 0 atom stereocenters. The summed E-state index contributed by atoms with van der Waals surface area (Å²) < 4.78 is 29.0. The maximum absolute atomic E-state index is 12.8. The van der Waals surface area contributed by atoms with Crippen LogP contribution in [0.5, 0.6) is 0 Å². The Labute approximate surface area is 121 Å². The quantitative estimate of drug-likeness (QED) is 0.805. The van der Waals surface area contributed by atoms with Crippen LogP contribution in [0.1, 0.15) is 44.6 Å². The molecular weight excluding hydrogens is 274 g/mol. The highest BCUT2D eigenvalue weighted by Gasteiger charge is 2.31. The lowest BCUT2D eigenvalue weighted by Gasteiger charge is -2.25. The first kappa shape index (κ1) is 15.3. The normalized spacial score (nSPS) is 17.6. The minimum absolute atomic E-state index is 0.154. The highest BCUT2D eigenvalue weighted by Crippen LogP contribution is 2.27. The van der Waals surface area contributed by atoms with Gasteiger partial charge in [0.05, 0.1) is 11.4 Å².